The Morgan fingerprint density at radius 1 is 1.38 bits per heavy atom. The SMILES string of the molecule is COc1ccccc1SP(N)(N)=S. The molecule has 0 amide bonds. The summed E-state index contributed by atoms with van der Waals surface area (Å²) >= 11 is 6.26. The predicted molar refractivity (Wildman–Crippen MR) is 61.5 cm³/mol. The van der Waals surface area contributed by atoms with Crippen LogP contribution in [0.15, 0.2) is 29.2 Å². The van der Waals surface area contributed by atoms with Crippen molar-refractivity contribution in [1.82, 2.24) is 0 Å². The highest BCUT2D eigenvalue weighted by Gasteiger charge is 2.09. The molecule has 3 nitrogen and oxygen atoms in total. The lowest BCUT2D eigenvalue weighted by molar-refractivity contribution is 0.405. The second-order valence-corrected chi connectivity index (χ2v) is 9.17. The molecule has 1 aromatic rings. The maximum atomic E-state index is 5.60. The van der Waals surface area contributed by atoms with Crippen molar-refractivity contribution in [1.29, 1.82) is 0 Å². The van der Waals surface area contributed by atoms with Crippen molar-refractivity contribution in [3.8, 4) is 5.75 Å². The third-order valence-electron chi connectivity index (χ3n) is 1.31. The van der Waals surface area contributed by atoms with Gasteiger partial charge in [-0.3, -0.25) is 11.0 Å². The molecule has 0 saturated heterocycles. The smallest absolute Gasteiger partial charge is 0.132 e. The molecule has 13 heavy (non-hydrogen) atoms. The van der Waals surface area contributed by atoms with Crippen molar-refractivity contribution in [3.63, 3.8) is 0 Å². The molecule has 1 aromatic carbocycles. The van der Waals surface area contributed by atoms with Crippen LogP contribution in [0.5, 0.6) is 5.75 Å². The van der Waals surface area contributed by atoms with Crippen LogP contribution in [0, 0.1) is 0 Å². The van der Waals surface area contributed by atoms with E-state index in [1.807, 2.05) is 24.3 Å². The van der Waals surface area contributed by atoms with Crippen LogP contribution >= 0.6 is 16.9 Å². The summed E-state index contributed by atoms with van der Waals surface area (Å²) in [5.41, 5.74) is 8.95. The Balaban J connectivity index is 2.94. The predicted octanol–water partition coefficient (Wildman–Crippen LogP) is 1.93. The van der Waals surface area contributed by atoms with Gasteiger partial charge in [0.2, 0.25) is 0 Å². The highest BCUT2D eigenvalue weighted by Crippen LogP contribution is 2.51. The monoisotopic (exact) mass is 234 g/mol. The molecule has 0 fully saturated rings. The molecule has 0 radical (unpaired) electrons. The average Bonchev–Trinajstić information content (AvgIpc) is 2.02. The van der Waals surface area contributed by atoms with Gasteiger partial charge in [0.25, 0.3) is 0 Å². The number of methoxy groups -OCH3 is 1. The van der Waals surface area contributed by atoms with Gasteiger partial charge in [-0.2, -0.15) is 0 Å². The summed E-state index contributed by atoms with van der Waals surface area (Å²) in [4.78, 5) is 0.901. The molecule has 0 aliphatic carbocycles. The summed E-state index contributed by atoms with van der Waals surface area (Å²) in [6, 6.07) is 7.53. The van der Waals surface area contributed by atoms with Gasteiger partial charge in [0.05, 0.1) is 12.0 Å². The number of hydrogen-bond acceptors (Lipinski definition) is 3. The Bertz CT molecular complexity index is 339. The number of nitrogens with two attached hydrogens (primary N) is 2. The van der Waals surface area contributed by atoms with Crippen LogP contribution in [0.2, 0.25) is 0 Å². The highest BCUT2D eigenvalue weighted by atomic mass is 32.9. The minimum atomic E-state index is -2.26. The van der Waals surface area contributed by atoms with Crippen molar-refractivity contribution in [2.45, 2.75) is 4.90 Å². The fourth-order valence-electron chi connectivity index (χ4n) is 0.848. The number of benzene rings is 1. The summed E-state index contributed by atoms with van der Waals surface area (Å²) in [5.74, 6) is 0.762. The van der Waals surface area contributed by atoms with Gasteiger partial charge < -0.3 is 4.74 Å². The maximum absolute atomic E-state index is 5.60. The van der Waals surface area contributed by atoms with Gasteiger partial charge in [-0.1, -0.05) is 35.3 Å². The second-order valence-electron chi connectivity index (χ2n) is 2.39. The van der Waals surface area contributed by atoms with E-state index in [1.54, 1.807) is 7.11 Å². The summed E-state index contributed by atoms with van der Waals surface area (Å²) in [5, 5.41) is 0. The summed E-state index contributed by atoms with van der Waals surface area (Å²) in [6.07, 6.45) is 0. The first kappa shape index (κ1) is 11.0. The lowest BCUT2D eigenvalue weighted by Crippen LogP contribution is -1.99. The number of ether oxygens (including phenoxy) is 1. The van der Waals surface area contributed by atoms with E-state index in [4.69, 9.17) is 27.6 Å². The summed E-state index contributed by atoms with van der Waals surface area (Å²) in [7, 11) is 1.61. The molecular weight excluding hydrogens is 223 g/mol. The number of para-hydroxylation sites is 1. The van der Waals surface area contributed by atoms with Crippen LogP contribution in [0.4, 0.5) is 0 Å². The Hall–Kier alpha value is -0.0600. The van der Waals surface area contributed by atoms with Crippen LogP contribution in [-0.2, 0) is 11.8 Å². The Morgan fingerprint density at radius 3 is 2.54 bits per heavy atom. The third kappa shape index (κ3) is 3.67. The van der Waals surface area contributed by atoms with Gasteiger partial charge >= 0.3 is 0 Å². The van der Waals surface area contributed by atoms with E-state index >= 15 is 0 Å². The Kier molecular flexibility index (Phi) is 3.76. The lowest BCUT2D eigenvalue weighted by atomic mass is 10.3. The van der Waals surface area contributed by atoms with E-state index in [0.717, 1.165) is 10.6 Å². The zero-order valence-electron chi connectivity index (χ0n) is 7.14. The fraction of sp³-hybridized carbons (Fsp3) is 0.143. The van der Waals surface area contributed by atoms with E-state index in [1.165, 1.54) is 11.4 Å². The molecule has 4 N–H and O–H groups in total. The molecule has 0 saturated carbocycles. The van der Waals surface area contributed by atoms with E-state index in [-0.39, 0.29) is 0 Å². The van der Waals surface area contributed by atoms with Gasteiger partial charge in [-0.05, 0) is 12.1 Å². The van der Waals surface area contributed by atoms with Crippen molar-refractivity contribution in [2.24, 2.45) is 11.0 Å². The molecule has 0 heterocycles. The summed E-state index contributed by atoms with van der Waals surface area (Å²) in [6.45, 7) is 0. The van der Waals surface area contributed by atoms with Crippen LogP contribution in [0.3, 0.4) is 0 Å². The molecule has 0 atom stereocenters. The fourth-order valence-corrected chi connectivity index (χ4v) is 3.63. The van der Waals surface area contributed by atoms with Gasteiger partial charge in [-0.15, -0.1) is 0 Å². The number of hydrogen-bond donors (Lipinski definition) is 2. The van der Waals surface area contributed by atoms with E-state index in [2.05, 4.69) is 0 Å². The molecule has 72 valence electrons. The van der Waals surface area contributed by atoms with Gasteiger partial charge in [0.1, 0.15) is 11.3 Å². The van der Waals surface area contributed by atoms with E-state index in [0.29, 0.717) is 0 Å². The van der Waals surface area contributed by atoms with Crippen molar-refractivity contribution < 1.29 is 4.74 Å². The van der Waals surface area contributed by atoms with Crippen molar-refractivity contribution in [3.05, 3.63) is 24.3 Å². The first-order valence-electron chi connectivity index (χ1n) is 3.53. The first-order valence-corrected chi connectivity index (χ1v) is 7.89. The molecular formula is C7H11N2OPS2. The Labute approximate surface area is 86.7 Å². The van der Waals surface area contributed by atoms with Crippen LogP contribution in [0.1, 0.15) is 0 Å². The summed E-state index contributed by atoms with van der Waals surface area (Å²) < 4.78 is 5.13. The van der Waals surface area contributed by atoms with Crippen LogP contribution in [-0.4, -0.2) is 7.11 Å². The van der Waals surface area contributed by atoms with E-state index < -0.39 is 5.54 Å². The highest BCUT2D eigenvalue weighted by molar-refractivity contribution is 8.69. The largest absolute Gasteiger partial charge is 0.496 e. The molecule has 0 aliphatic heterocycles. The quantitative estimate of drug-likeness (QED) is 0.782. The molecule has 0 aliphatic rings. The van der Waals surface area contributed by atoms with Gasteiger partial charge in [0, 0.05) is 0 Å². The third-order valence-corrected chi connectivity index (χ3v) is 4.25. The Morgan fingerprint density at radius 2 is 2.00 bits per heavy atom. The maximum Gasteiger partial charge on any atom is 0.132 e. The zero-order chi connectivity index (χ0) is 9.90. The molecule has 0 bridgehead atoms. The molecule has 0 spiro atoms. The topological polar surface area (TPSA) is 61.3 Å². The van der Waals surface area contributed by atoms with Gasteiger partial charge in [0.15, 0.2) is 0 Å². The standard InChI is InChI=1S/C7H11N2OPS2/c1-10-6-4-2-3-5-7(6)13-11(8,9)12/h2-5H,1H3,(H4,8,9,12). The van der Waals surface area contributed by atoms with E-state index in [9.17, 15) is 0 Å². The lowest BCUT2D eigenvalue weighted by Gasteiger charge is -2.11. The molecule has 0 unspecified atom stereocenters. The minimum Gasteiger partial charge on any atom is -0.496 e. The molecule has 6 heteroatoms. The second kappa shape index (κ2) is 4.44. The molecule has 0 aromatic heterocycles. The van der Waals surface area contributed by atoms with Crippen LogP contribution < -0.4 is 15.7 Å². The van der Waals surface area contributed by atoms with Crippen LogP contribution in [0.25, 0.3) is 0 Å². The normalized spacial score (nSPS) is 11.3. The first-order chi connectivity index (χ1) is 6.03. The average molecular weight is 234 g/mol. The van der Waals surface area contributed by atoms with Crippen molar-refractivity contribution >= 4 is 28.7 Å². The van der Waals surface area contributed by atoms with Crippen molar-refractivity contribution in [2.75, 3.05) is 7.11 Å². The minimum absolute atomic E-state index is 0.762. The van der Waals surface area contributed by atoms with Gasteiger partial charge in [-0.25, -0.2) is 0 Å². The number of rotatable bonds is 3. The molecule has 1 rings (SSSR count). The zero-order valence-corrected chi connectivity index (χ0v) is 9.66.